The number of nitrogens with one attached hydrogen (secondary N) is 1. The standard InChI is InChI=1S/C40H80N2O6S/c1-6-10-13-21-30-37(27-9-4)47-39(43)31-22-16-14-18-24-34-42(36-26-33-41-49(5,45)46)35-25-19-15-17-23-32-40(44)48-38(28-12-8-3)29-20-11-7-2/h37-38,41H,6-36H2,1-5H3. The fraction of sp³-hybridized carbons (Fsp3) is 0.950. The van der Waals surface area contributed by atoms with Crippen LogP contribution in [0, 0.1) is 0 Å². The molecular weight excluding hydrogens is 637 g/mol. The second-order valence-corrected chi connectivity index (χ2v) is 16.2. The molecule has 0 aliphatic carbocycles. The van der Waals surface area contributed by atoms with E-state index in [1.807, 2.05) is 0 Å². The maximum atomic E-state index is 12.4. The monoisotopic (exact) mass is 717 g/mol. The van der Waals surface area contributed by atoms with E-state index in [2.05, 4.69) is 37.3 Å². The Morgan fingerprint density at radius 1 is 0.510 bits per heavy atom. The van der Waals surface area contributed by atoms with Crippen LogP contribution in [0.3, 0.4) is 0 Å². The molecule has 0 spiro atoms. The zero-order chi connectivity index (χ0) is 36.4. The normalized spacial score (nSPS) is 13.1. The Balaban J connectivity index is 4.32. The molecule has 0 bridgehead atoms. The SMILES string of the molecule is CCCCCCC(CCC)OC(=O)CCCCCCCN(CCCCCCCC(=O)OC(CCCC)CCCCC)CCCNS(C)(=O)=O. The molecule has 0 heterocycles. The van der Waals surface area contributed by atoms with Gasteiger partial charge in [-0.15, -0.1) is 0 Å². The van der Waals surface area contributed by atoms with Gasteiger partial charge in [0.05, 0.1) is 6.26 Å². The summed E-state index contributed by atoms with van der Waals surface area (Å²) < 4.78 is 37.2. The zero-order valence-corrected chi connectivity index (χ0v) is 33.7. The predicted octanol–water partition coefficient (Wildman–Crippen LogP) is 10.3. The molecule has 0 aliphatic rings. The average molecular weight is 717 g/mol. The highest BCUT2D eigenvalue weighted by atomic mass is 32.2. The minimum Gasteiger partial charge on any atom is -0.462 e. The molecule has 0 saturated heterocycles. The van der Waals surface area contributed by atoms with Crippen LogP contribution in [0.5, 0.6) is 0 Å². The van der Waals surface area contributed by atoms with Gasteiger partial charge in [0.15, 0.2) is 0 Å². The Morgan fingerprint density at radius 3 is 1.43 bits per heavy atom. The third kappa shape index (κ3) is 33.7. The summed E-state index contributed by atoms with van der Waals surface area (Å²) >= 11 is 0. The predicted molar refractivity (Wildman–Crippen MR) is 206 cm³/mol. The first-order valence-corrected chi connectivity index (χ1v) is 22.6. The number of esters is 2. The highest BCUT2D eigenvalue weighted by molar-refractivity contribution is 7.88. The van der Waals surface area contributed by atoms with Crippen molar-refractivity contribution < 1.29 is 27.5 Å². The smallest absolute Gasteiger partial charge is 0.306 e. The summed E-state index contributed by atoms with van der Waals surface area (Å²) in [6.07, 6.45) is 29.5. The van der Waals surface area contributed by atoms with Crippen molar-refractivity contribution in [2.24, 2.45) is 0 Å². The molecule has 0 aromatic carbocycles. The molecule has 2 atom stereocenters. The molecule has 49 heavy (non-hydrogen) atoms. The molecule has 1 N–H and O–H groups in total. The summed E-state index contributed by atoms with van der Waals surface area (Å²) in [5.41, 5.74) is 0. The summed E-state index contributed by atoms with van der Waals surface area (Å²) in [5, 5.41) is 0. The van der Waals surface area contributed by atoms with Gasteiger partial charge in [0.2, 0.25) is 10.0 Å². The van der Waals surface area contributed by atoms with Gasteiger partial charge in [-0.1, -0.05) is 118 Å². The fourth-order valence-corrected chi connectivity index (χ4v) is 6.87. The lowest BCUT2D eigenvalue weighted by Crippen LogP contribution is -2.31. The van der Waals surface area contributed by atoms with Crippen LogP contribution in [0.25, 0.3) is 0 Å². The minimum atomic E-state index is -3.16. The highest BCUT2D eigenvalue weighted by Crippen LogP contribution is 2.17. The van der Waals surface area contributed by atoms with E-state index < -0.39 is 10.0 Å². The minimum absolute atomic E-state index is 0.0276. The third-order valence-corrected chi connectivity index (χ3v) is 10.1. The fourth-order valence-electron chi connectivity index (χ4n) is 6.35. The van der Waals surface area contributed by atoms with E-state index in [-0.39, 0.29) is 24.1 Å². The van der Waals surface area contributed by atoms with Crippen molar-refractivity contribution >= 4 is 22.0 Å². The molecule has 0 aromatic rings. The van der Waals surface area contributed by atoms with E-state index >= 15 is 0 Å². The topological polar surface area (TPSA) is 102 Å². The van der Waals surface area contributed by atoms with E-state index in [1.165, 1.54) is 38.4 Å². The molecule has 0 aromatic heterocycles. The Kier molecular flexibility index (Phi) is 33.1. The number of carbonyl (C=O) groups excluding carboxylic acids is 2. The second-order valence-electron chi connectivity index (χ2n) is 14.4. The van der Waals surface area contributed by atoms with Crippen LogP contribution in [-0.4, -0.2) is 69.9 Å². The lowest BCUT2D eigenvalue weighted by Gasteiger charge is -2.22. The van der Waals surface area contributed by atoms with E-state index in [9.17, 15) is 18.0 Å². The maximum Gasteiger partial charge on any atom is 0.306 e. The Morgan fingerprint density at radius 2 is 0.918 bits per heavy atom. The number of rotatable bonds is 37. The number of nitrogens with zero attached hydrogens (tertiary/aromatic N) is 1. The molecule has 2 unspecified atom stereocenters. The van der Waals surface area contributed by atoms with Gasteiger partial charge >= 0.3 is 11.9 Å². The van der Waals surface area contributed by atoms with Crippen LogP contribution in [-0.2, 0) is 29.1 Å². The molecule has 0 fully saturated rings. The van der Waals surface area contributed by atoms with Crippen molar-refractivity contribution in [2.45, 2.75) is 213 Å². The van der Waals surface area contributed by atoms with E-state index in [4.69, 9.17) is 9.47 Å². The van der Waals surface area contributed by atoms with Crippen molar-refractivity contribution in [3.8, 4) is 0 Å². The van der Waals surface area contributed by atoms with E-state index in [1.54, 1.807) is 0 Å². The quantitative estimate of drug-likeness (QED) is 0.0504. The van der Waals surface area contributed by atoms with Crippen molar-refractivity contribution in [2.75, 3.05) is 32.4 Å². The van der Waals surface area contributed by atoms with Crippen LogP contribution in [0.4, 0.5) is 0 Å². The molecule has 0 radical (unpaired) electrons. The molecule has 0 rings (SSSR count). The summed E-state index contributed by atoms with van der Waals surface area (Å²) in [5.74, 6) is -0.0585. The van der Waals surface area contributed by atoms with Crippen LogP contribution in [0.2, 0.25) is 0 Å². The molecule has 8 nitrogen and oxygen atoms in total. The van der Waals surface area contributed by atoms with Gasteiger partial charge in [-0.25, -0.2) is 13.1 Å². The number of hydrogen-bond donors (Lipinski definition) is 1. The molecular formula is C40H80N2O6S. The van der Waals surface area contributed by atoms with Crippen LogP contribution in [0.1, 0.15) is 201 Å². The van der Waals surface area contributed by atoms with Crippen LogP contribution < -0.4 is 4.72 Å². The van der Waals surface area contributed by atoms with Crippen molar-refractivity contribution in [1.29, 1.82) is 0 Å². The number of ether oxygens (including phenoxy) is 2. The van der Waals surface area contributed by atoms with Gasteiger partial charge in [0.25, 0.3) is 0 Å². The molecule has 9 heteroatoms. The van der Waals surface area contributed by atoms with E-state index in [0.717, 1.165) is 148 Å². The van der Waals surface area contributed by atoms with E-state index in [0.29, 0.717) is 19.4 Å². The molecule has 0 saturated carbocycles. The summed E-state index contributed by atoms with van der Waals surface area (Å²) in [7, 11) is -3.16. The van der Waals surface area contributed by atoms with Gasteiger partial charge in [0.1, 0.15) is 12.2 Å². The van der Waals surface area contributed by atoms with Gasteiger partial charge in [-0.3, -0.25) is 9.59 Å². The largest absolute Gasteiger partial charge is 0.462 e. The van der Waals surface area contributed by atoms with Gasteiger partial charge < -0.3 is 14.4 Å². The van der Waals surface area contributed by atoms with Gasteiger partial charge in [-0.2, -0.15) is 0 Å². The summed E-state index contributed by atoms with van der Waals surface area (Å²) in [4.78, 5) is 27.3. The van der Waals surface area contributed by atoms with Gasteiger partial charge in [0, 0.05) is 19.4 Å². The Hall–Kier alpha value is -1.19. The van der Waals surface area contributed by atoms with Crippen LogP contribution >= 0.6 is 0 Å². The Bertz CT molecular complexity index is 869. The first-order chi connectivity index (χ1) is 23.6. The van der Waals surface area contributed by atoms with Crippen molar-refractivity contribution in [3.05, 3.63) is 0 Å². The molecule has 292 valence electrons. The lowest BCUT2D eigenvalue weighted by atomic mass is 10.1. The average Bonchev–Trinajstić information content (AvgIpc) is 3.05. The number of carbonyl (C=O) groups is 2. The summed E-state index contributed by atoms with van der Waals surface area (Å²) in [6, 6.07) is 0. The first kappa shape index (κ1) is 47.8. The lowest BCUT2D eigenvalue weighted by molar-refractivity contribution is -0.151. The summed E-state index contributed by atoms with van der Waals surface area (Å²) in [6.45, 7) is 12.1. The van der Waals surface area contributed by atoms with Crippen LogP contribution in [0.15, 0.2) is 0 Å². The first-order valence-electron chi connectivity index (χ1n) is 20.7. The number of unbranched alkanes of at least 4 members (excludes halogenated alkanes) is 14. The number of sulfonamides is 1. The van der Waals surface area contributed by atoms with Crippen molar-refractivity contribution in [1.82, 2.24) is 9.62 Å². The van der Waals surface area contributed by atoms with Crippen molar-refractivity contribution in [3.63, 3.8) is 0 Å². The zero-order valence-electron chi connectivity index (χ0n) is 32.9. The molecule has 0 amide bonds. The third-order valence-electron chi connectivity index (χ3n) is 9.32. The Labute approximate surface area is 304 Å². The molecule has 0 aliphatic heterocycles. The maximum absolute atomic E-state index is 12.4. The van der Waals surface area contributed by atoms with Gasteiger partial charge in [-0.05, 0) is 90.3 Å². The number of hydrogen-bond acceptors (Lipinski definition) is 7. The highest BCUT2D eigenvalue weighted by Gasteiger charge is 2.15. The second kappa shape index (κ2) is 33.9.